The predicted octanol–water partition coefficient (Wildman–Crippen LogP) is 3.79. The lowest BCUT2D eigenvalue weighted by Crippen LogP contribution is -2.24. The van der Waals surface area contributed by atoms with Crippen molar-refractivity contribution in [2.45, 2.75) is 12.8 Å². The van der Waals surface area contributed by atoms with E-state index in [1.165, 1.54) is 4.90 Å². The lowest BCUT2D eigenvalue weighted by molar-refractivity contribution is -0.118. The number of carbonyl (C=O) groups is 1. The number of aryl methyl sites for hydroxylation is 1. The molecule has 0 radical (unpaired) electrons. The van der Waals surface area contributed by atoms with Crippen molar-refractivity contribution in [1.82, 2.24) is 19.7 Å². The molecule has 1 aromatic carbocycles. The molecule has 0 saturated carbocycles. The first-order valence-corrected chi connectivity index (χ1v) is 8.79. The van der Waals surface area contributed by atoms with Gasteiger partial charge in [0.1, 0.15) is 0 Å². The Balaban J connectivity index is 1.48. The predicted molar refractivity (Wildman–Crippen MR) is 105 cm³/mol. The van der Waals surface area contributed by atoms with Crippen molar-refractivity contribution in [3.8, 4) is 5.69 Å². The van der Waals surface area contributed by atoms with Gasteiger partial charge in [0.25, 0.3) is 0 Å². The molecule has 136 valence electrons. The van der Waals surface area contributed by atoms with Crippen LogP contribution in [0.4, 0.5) is 5.69 Å². The maximum atomic E-state index is 12.6. The molecule has 1 amide bonds. The highest BCUT2D eigenvalue weighted by Gasteiger charge is 2.14. The van der Waals surface area contributed by atoms with Crippen LogP contribution < -0.4 is 9.88 Å². The van der Waals surface area contributed by atoms with Gasteiger partial charge in [-0.05, 0) is 23.9 Å². The van der Waals surface area contributed by atoms with E-state index in [4.69, 9.17) is 11.6 Å². The second-order valence-corrected chi connectivity index (χ2v) is 6.44. The number of anilines is 1. The first-order chi connectivity index (χ1) is 13.1. The third kappa shape index (κ3) is 3.44. The van der Waals surface area contributed by atoms with Crippen LogP contribution in [0.15, 0.2) is 61.2 Å². The summed E-state index contributed by atoms with van der Waals surface area (Å²) in [5.41, 5.74) is 3.19. The second kappa shape index (κ2) is 7.25. The number of nitrogens with zero attached hydrogens (tertiary/aromatic N) is 5. The van der Waals surface area contributed by atoms with Gasteiger partial charge in [0.05, 0.1) is 23.8 Å². The molecule has 4 rings (SSSR count). The van der Waals surface area contributed by atoms with E-state index in [-0.39, 0.29) is 11.1 Å². The molecule has 0 fully saturated rings. The topological polar surface area (TPSA) is 65.1 Å². The second-order valence-electron chi connectivity index (χ2n) is 6.08. The van der Waals surface area contributed by atoms with Crippen molar-refractivity contribution in [1.29, 1.82) is 0 Å². The van der Waals surface area contributed by atoms with Crippen LogP contribution in [-0.2, 0) is 11.2 Å². The van der Waals surface area contributed by atoms with Gasteiger partial charge in [0.2, 0.25) is 0 Å². The molecule has 0 N–H and O–H groups in total. The Kier molecular flexibility index (Phi) is 4.64. The van der Waals surface area contributed by atoms with E-state index in [9.17, 15) is 4.79 Å². The van der Waals surface area contributed by atoms with Gasteiger partial charge < -0.3 is 9.88 Å². The molecule has 0 aliphatic rings. The van der Waals surface area contributed by atoms with Crippen LogP contribution in [0.2, 0.25) is 5.15 Å². The molecular formula is C20H16ClN5O-2. The Bertz CT molecular complexity index is 1090. The molecule has 6 nitrogen and oxygen atoms in total. The highest BCUT2D eigenvalue weighted by Crippen LogP contribution is 2.26. The van der Waals surface area contributed by atoms with Gasteiger partial charge in [-0.2, -0.15) is 11.3 Å². The summed E-state index contributed by atoms with van der Waals surface area (Å²) in [5, 5.41) is 5.52. The van der Waals surface area contributed by atoms with E-state index in [1.807, 2.05) is 36.5 Å². The molecular weight excluding hydrogens is 362 g/mol. The van der Waals surface area contributed by atoms with Gasteiger partial charge >= 0.3 is 0 Å². The minimum Gasteiger partial charge on any atom is -0.663 e. The maximum absolute atomic E-state index is 12.6. The Morgan fingerprint density at radius 3 is 2.93 bits per heavy atom. The summed E-state index contributed by atoms with van der Waals surface area (Å²) in [5.74, 6) is -0.145. The van der Waals surface area contributed by atoms with Crippen molar-refractivity contribution in [3.05, 3.63) is 78.9 Å². The van der Waals surface area contributed by atoms with E-state index < -0.39 is 0 Å². The lowest BCUT2D eigenvalue weighted by Gasteiger charge is -2.24. The van der Waals surface area contributed by atoms with Crippen molar-refractivity contribution < 1.29 is 4.79 Å². The molecule has 3 aromatic heterocycles. The number of aromatic nitrogens is 4. The highest BCUT2D eigenvalue weighted by atomic mass is 35.5. The normalized spacial score (nSPS) is 11.0. The number of amides is 1. The summed E-state index contributed by atoms with van der Waals surface area (Å²) in [4.78, 5) is 22.3. The molecule has 27 heavy (non-hydrogen) atoms. The number of halogens is 1. The largest absolute Gasteiger partial charge is 0.663 e. The maximum Gasteiger partial charge on any atom is 0.197 e. The zero-order chi connectivity index (χ0) is 18.8. The zero-order valence-electron chi connectivity index (χ0n) is 14.4. The number of hydrogen-bond acceptors (Lipinski definition) is 3. The lowest BCUT2D eigenvalue weighted by atomic mass is 10.1. The first-order valence-electron chi connectivity index (χ1n) is 8.42. The smallest absolute Gasteiger partial charge is 0.197 e. The fraction of sp³-hybridized carbons (Fsp3) is 0.100. The number of fused-ring (bicyclic) bond motifs is 1. The minimum atomic E-state index is -0.145. The Hall–Kier alpha value is -3.12. The van der Waals surface area contributed by atoms with Crippen LogP contribution in [0.25, 0.3) is 16.6 Å². The van der Waals surface area contributed by atoms with Crippen LogP contribution in [0, 0.1) is 7.05 Å². The summed E-state index contributed by atoms with van der Waals surface area (Å²) in [6.07, 6.45) is 7.71. The monoisotopic (exact) mass is 377 g/mol. The number of hydrogen-bond donors (Lipinski definition) is 0. The fourth-order valence-electron chi connectivity index (χ4n) is 2.93. The quantitative estimate of drug-likeness (QED) is 0.496. The molecule has 0 aliphatic carbocycles. The first kappa shape index (κ1) is 17.3. The van der Waals surface area contributed by atoms with Gasteiger partial charge in [0.15, 0.2) is 11.1 Å². The third-order valence-corrected chi connectivity index (χ3v) is 4.64. The van der Waals surface area contributed by atoms with Crippen molar-refractivity contribution in [3.63, 3.8) is 0 Å². The average Bonchev–Trinajstić information content (AvgIpc) is 3.30. The van der Waals surface area contributed by atoms with Crippen LogP contribution >= 0.6 is 11.6 Å². The van der Waals surface area contributed by atoms with Gasteiger partial charge in [-0.15, -0.1) is 5.52 Å². The van der Waals surface area contributed by atoms with Crippen molar-refractivity contribution in [2.24, 2.45) is 0 Å². The van der Waals surface area contributed by atoms with Crippen LogP contribution in [0.1, 0.15) is 12.0 Å². The van der Waals surface area contributed by atoms with Gasteiger partial charge in [-0.3, -0.25) is 9.78 Å². The van der Waals surface area contributed by atoms with Crippen molar-refractivity contribution >= 4 is 34.1 Å². The number of carbonyl (C=O) groups excluding carboxylic acids is 1. The van der Waals surface area contributed by atoms with Gasteiger partial charge in [-0.1, -0.05) is 41.4 Å². The molecule has 0 saturated heterocycles. The number of para-hydroxylation sites is 1. The van der Waals surface area contributed by atoms with E-state index in [0.717, 1.165) is 22.2 Å². The highest BCUT2D eigenvalue weighted by molar-refractivity contribution is 6.32. The molecule has 0 spiro atoms. The molecule has 4 aromatic rings. The van der Waals surface area contributed by atoms with Gasteiger partial charge in [0, 0.05) is 12.6 Å². The fourth-order valence-corrected chi connectivity index (χ4v) is 3.16. The summed E-state index contributed by atoms with van der Waals surface area (Å²) in [6.45, 7) is 0. The number of benzene rings is 1. The molecule has 0 aliphatic heterocycles. The minimum absolute atomic E-state index is 0.145. The Morgan fingerprint density at radius 1 is 1.26 bits per heavy atom. The zero-order valence-corrected chi connectivity index (χ0v) is 15.2. The van der Waals surface area contributed by atoms with E-state index in [1.54, 1.807) is 29.3 Å². The van der Waals surface area contributed by atoms with Crippen LogP contribution in [0.3, 0.4) is 0 Å². The van der Waals surface area contributed by atoms with Crippen molar-refractivity contribution in [2.75, 3.05) is 4.90 Å². The summed E-state index contributed by atoms with van der Waals surface area (Å²) in [7, 11) is 3.85. The molecule has 7 heteroatoms. The summed E-state index contributed by atoms with van der Waals surface area (Å²) < 4.78 is 1.57. The average molecular weight is 378 g/mol. The number of pyridine rings is 1. The Morgan fingerprint density at radius 2 is 2.11 bits per heavy atom. The summed E-state index contributed by atoms with van der Waals surface area (Å²) >= 11 is 6.22. The van der Waals surface area contributed by atoms with E-state index in [2.05, 4.69) is 22.1 Å². The number of rotatable bonds is 5. The molecule has 0 atom stereocenters. The van der Waals surface area contributed by atoms with Gasteiger partial charge in [-0.25, -0.2) is 11.7 Å². The third-order valence-electron chi connectivity index (χ3n) is 4.37. The SMILES string of the molecule is [CH2-]N(C(=O)CCc1c[n-]c2ccccc12)c1cn(-c2cccnc2)nc1Cl. The Labute approximate surface area is 161 Å². The molecule has 0 bridgehead atoms. The van der Waals surface area contributed by atoms with E-state index >= 15 is 0 Å². The molecule has 3 heterocycles. The molecule has 0 unspecified atom stereocenters. The summed E-state index contributed by atoms with van der Waals surface area (Å²) in [6, 6.07) is 11.5. The standard InChI is InChI=1S/C20H16ClN5O/c1-25(18-13-26(24-20(18)21)15-5-4-10-22-12-15)19(27)9-8-14-11-23-17-7-3-2-6-16(14)17/h2-7,10-13H,1,8-9H2/q-2. The van der Waals surface area contributed by atoms with E-state index in [0.29, 0.717) is 18.5 Å². The van der Waals surface area contributed by atoms with Crippen LogP contribution in [0.5, 0.6) is 0 Å². The van der Waals surface area contributed by atoms with Crippen LogP contribution in [-0.4, -0.2) is 20.7 Å².